The summed E-state index contributed by atoms with van der Waals surface area (Å²) in [4.78, 5) is 16.2. The van der Waals surface area contributed by atoms with Crippen molar-refractivity contribution >= 4 is 5.91 Å². The fraction of sp³-hybridized carbons (Fsp3) is 0.923. The van der Waals surface area contributed by atoms with Crippen molar-refractivity contribution in [2.24, 2.45) is 17.6 Å². The molecule has 0 aromatic heterocycles. The number of rotatable bonds is 5. The maximum atomic E-state index is 12.0. The molecule has 1 heterocycles. The van der Waals surface area contributed by atoms with E-state index >= 15 is 0 Å². The Morgan fingerprint density at radius 1 is 1.53 bits per heavy atom. The van der Waals surface area contributed by atoms with Crippen LogP contribution in [0.3, 0.4) is 0 Å². The minimum atomic E-state index is -0.334. The van der Waals surface area contributed by atoms with Gasteiger partial charge in [0, 0.05) is 20.1 Å². The van der Waals surface area contributed by atoms with E-state index in [0.717, 1.165) is 26.1 Å². The van der Waals surface area contributed by atoms with Gasteiger partial charge < -0.3 is 15.5 Å². The lowest BCUT2D eigenvalue weighted by molar-refractivity contribution is -0.132. The van der Waals surface area contributed by atoms with E-state index in [4.69, 9.17) is 5.73 Å². The van der Waals surface area contributed by atoms with E-state index in [9.17, 15) is 4.79 Å². The number of carbonyl (C=O) groups is 1. The summed E-state index contributed by atoms with van der Waals surface area (Å²) in [5.74, 6) is 1.17. The summed E-state index contributed by atoms with van der Waals surface area (Å²) < 4.78 is 0. The Kier molecular flexibility index (Phi) is 5.40. The predicted molar refractivity (Wildman–Crippen MR) is 70.7 cm³/mol. The third kappa shape index (κ3) is 4.64. The van der Waals surface area contributed by atoms with Crippen molar-refractivity contribution in [1.29, 1.82) is 0 Å². The molecule has 0 saturated carbocycles. The quantitative estimate of drug-likeness (QED) is 0.773. The van der Waals surface area contributed by atoms with E-state index in [2.05, 4.69) is 25.8 Å². The largest absolute Gasteiger partial charge is 0.344 e. The number of nitrogens with two attached hydrogens (primary N) is 1. The maximum Gasteiger partial charge on any atom is 0.239 e. The Hall–Kier alpha value is -0.610. The second-order valence-electron chi connectivity index (χ2n) is 5.87. The molecule has 0 aromatic rings. The molecule has 17 heavy (non-hydrogen) atoms. The van der Waals surface area contributed by atoms with Crippen molar-refractivity contribution in [3.8, 4) is 0 Å². The SMILES string of the molecule is CC(C)C[C@H](N)C(=O)N(C)CC1CCN(C)C1. The number of likely N-dealkylation sites (tertiary alicyclic amines) is 1. The molecule has 0 bridgehead atoms. The highest BCUT2D eigenvalue weighted by Crippen LogP contribution is 2.16. The van der Waals surface area contributed by atoms with Gasteiger partial charge in [0.05, 0.1) is 6.04 Å². The Balaban J connectivity index is 2.36. The highest BCUT2D eigenvalue weighted by molar-refractivity contribution is 5.81. The van der Waals surface area contributed by atoms with Crippen LogP contribution in [0.15, 0.2) is 0 Å². The van der Waals surface area contributed by atoms with Crippen LogP contribution in [0.4, 0.5) is 0 Å². The minimum absolute atomic E-state index is 0.0910. The van der Waals surface area contributed by atoms with Crippen molar-refractivity contribution < 1.29 is 4.79 Å². The van der Waals surface area contributed by atoms with Crippen LogP contribution in [-0.4, -0.2) is 55.5 Å². The van der Waals surface area contributed by atoms with Crippen LogP contribution in [0.2, 0.25) is 0 Å². The fourth-order valence-corrected chi connectivity index (χ4v) is 2.54. The zero-order valence-electron chi connectivity index (χ0n) is 11.6. The standard InChI is InChI=1S/C13H27N3O/c1-10(2)7-12(14)13(17)16(4)9-11-5-6-15(3)8-11/h10-12H,5-9,14H2,1-4H3/t11?,12-/m0/s1. The van der Waals surface area contributed by atoms with E-state index in [0.29, 0.717) is 11.8 Å². The van der Waals surface area contributed by atoms with E-state index in [-0.39, 0.29) is 11.9 Å². The molecule has 1 saturated heterocycles. The summed E-state index contributed by atoms with van der Waals surface area (Å²) in [6.07, 6.45) is 1.96. The molecule has 1 amide bonds. The molecule has 0 aliphatic carbocycles. The second kappa shape index (κ2) is 6.36. The lowest BCUT2D eigenvalue weighted by atomic mass is 10.0. The van der Waals surface area contributed by atoms with Gasteiger partial charge in [-0.1, -0.05) is 13.8 Å². The highest BCUT2D eigenvalue weighted by Gasteiger charge is 2.25. The number of nitrogens with zero attached hydrogens (tertiary/aromatic N) is 2. The molecule has 1 fully saturated rings. The van der Waals surface area contributed by atoms with Crippen LogP contribution in [0, 0.1) is 11.8 Å². The minimum Gasteiger partial charge on any atom is -0.344 e. The van der Waals surface area contributed by atoms with Gasteiger partial charge in [-0.3, -0.25) is 4.79 Å². The lowest BCUT2D eigenvalue weighted by Gasteiger charge is -2.25. The van der Waals surface area contributed by atoms with Gasteiger partial charge in [-0.05, 0) is 38.3 Å². The zero-order chi connectivity index (χ0) is 13.0. The second-order valence-corrected chi connectivity index (χ2v) is 5.87. The van der Waals surface area contributed by atoms with E-state index in [1.807, 2.05) is 11.9 Å². The summed E-state index contributed by atoms with van der Waals surface area (Å²) in [6, 6.07) is -0.334. The molecule has 1 aliphatic heterocycles. The summed E-state index contributed by atoms with van der Waals surface area (Å²) in [6.45, 7) is 7.27. The smallest absolute Gasteiger partial charge is 0.239 e. The number of likely N-dealkylation sites (N-methyl/N-ethyl adjacent to an activating group) is 1. The topological polar surface area (TPSA) is 49.6 Å². The van der Waals surface area contributed by atoms with E-state index in [1.165, 1.54) is 6.42 Å². The number of amides is 1. The van der Waals surface area contributed by atoms with Gasteiger partial charge in [0.1, 0.15) is 0 Å². The number of carbonyl (C=O) groups excluding carboxylic acids is 1. The number of hydrogen-bond donors (Lipinski definition) is 1. The first kappa shape index (κ1) is 14.5. The summed E-state index contributed by atoms with van der Waals surface area (Å²) >= 11 is 0. The molecule has 1 rings (SSSR count). The van der Waals surface area contributed by atoms with Crippen LogP contribution in [-0.2, 0) is 4.79 Å². The average molecular weight is 241 g/mol. The normalized spacial score (nSPS) is 23.1. The van der Waals surface area contributed by atoms with Crippen molar-refractivity contribution in [1.82, 2.24) is 9.80 Å². The monoisotopic (exact) mass is 241 g/mol. The Bertz CT molecular complexity index is 255. The van der Waals surface area contributed by atoms with Gasteiger partial charge in [-0.25, -0.2) is 0 Å². The molecule has 2 atom stereocenters. The third-order valence-corrected chi connectivity index (χ3v) is 3.44. The lowest BCUT2D eigenvalue weighted by Crippen LogP contribution is -2.44. The van der Waals surface area contributed by atoms with Gasteiger partial charge in [0.25, 0.3) is 0 Å². The molecule has 4 heteroatoms. The van der Waals surface area contributed by atoms with Crippen LogP contribution >= 0.6 is 0 Å². The van der Waals surface area contributed by atoms with Gasteiger partial charge in [0.15, 0.2) is 0 Å². The predicted octanol–water partition coefficient (Wildman–Crippen LogP) is 0.770. The van der Waals surface area contributed by atoms with Crippen LogP contribution in [0.5, 0.6) is 0 Å². The molecule has 4 nitrogen and oxygen atoms in total. The van der Waals surface area contributed by atoms with Crippen molar-refractivity contribution in [2.75, 3.05) is 33.7 Å². The maximum absolute atomic E-state index is 12.0. The van der Waals surface area contributed by atoms with Crippen molar-refractivity contribution in [2.45, 2.75) is 32.7 Å². The molecule has 0 aromatic carbocycles. The van der Waals surface area contributed by atoms with Crippen LogP contribution in [0.25, 0.3) is 0 Å². The van der Waals surface area contributed by atoms with E-state index < -0.39 is 0 Å². The molecule has 2 N–H and O–H groups in total. The van der Waals surface area contributed by atoms with Gasteiger partial charge in [-0.2, -0.15) is 0 Å². The molecule has 1 aliphatic rings. The Labute approximate surface area is 105 Å². The molecule has 1 unspecified atom stereocenters. The fourth-order valence-electron chi connectivity index (χ4n) is 2.54. The highest BCUT2D eigenvalue weighted by atomic mass is 16.2. The van der Waals surface area contributed by atoms with Crippen LogP contribution in [0.1, 0.15) is 26.7 Å². The zero-order valence-corrected chi connectivity index (χ0v) is 11.6. The Morgan fingerprint density at radius 2 is 2.18 bits per heavy atom. The van der Waals surface area contributed by atoms with Gasteiger partial charge >= 0.3 is 0 Å². The average Bonchev–Trinajstić information content (AvgIpc) is 2.61. The molecular formula is C13H27N3O. The Morgan fingerprint density at radius 3 is 2.65 bits per heavy atom. The molecule has 0 spiro atoms. The molecule has 100 valence electrons. The van der Waals surface area contributed by atoms with Crippen molar-refractivity contribution in [3.63, 3.8) is 0 Å². The summed E-state index contributed by atoms with van der Waals surface area (Å²) in [7, 11) is 4.01. The first-order chi connectivity index (χ1) is 7.90. The van der Waals surface area contributed by atoms with E-state index in [1.54, 1.807) is 0 Å². The first-order valence-corrected chi connectivity index (χ1v) is 6.59. The van der Waals surface area contributed by atoms with Crippen molar-refractivity contribution in [3.05, 3.63) is 0 Å². The van der Waals surface area contributed by atoms with Gasteiger partial charge in [0.2, 0.25) is 5.91 Å². The molecular weight excluding hydrogens is 214 g/mol. The number of hydrogen-bond acceptors (Lipinski definition) is 3. The summed E-state index contributed by atoms with van der Waals surface area (Å²) in [5.41, 5.74) is 5.92. The summed E-state index contributed by atoms with van der Waals surface area (Å²) in [5, 5.41) is 0. The third-order valence-electron chi connectivity index (χ3n) is 3.44. The van der Waals surface area contributed by atoms with Gasteiger partial charge in [-0.15, -0.1) is 0 Å². The van der Waals surface area contributed by atoms with Crippen LogP contribution < -0.4 is 5.73 Å². The first-order valence-electron chi connectivity index (χ1n) is 6.59. The molecule has 0 radical (unpaired) electrons.